The fraction of sp³-hybridized carbons (Fsp3) is 0.636. The summed E-state index contributed by atoms with van der Waals surface area (Å²) in [7, 11) is 1.67. The largest absolute Gasteiger partial charge is 0.507 e. The maximum atomic E-state index is 13.5. The van der Waals surface area contributed by atoms with E-state index >= 15 is 0 Å². The number of phenolic OH excluding ortho intramolecular Hbond substituents is 1. The van der Waals surface area contributed by atoms with Crippen LogP contribution in [0, 0.1) is 32.6 Å². The van der Waals surface area contributed by atoms with Gasteiger partial charge in [-0.15, -0.1) is 0 Å². The second kappa shape index (κ2) is 27.9. The van der Waals surface area contributed by atoms with E-state index < -0.39 is 23.1 Å². The number of hydrogen-bond acceptors (Lipinski definition) is 12. The summed E-state index contributed by atoms with van der Waals surface area (Å²) in [6.07, 6.45) is 8.46. The summed E-state index contributed by atoms with van der Waals surface area (Å²) >= 11 is 0. The number of benzene rings is 2. The predicted molar refractivity (Wildman–Crippen MR) is 274 cm³/mol. The first-order valence-corrected chi connectivity index (χ1v) is 26.7. The van der Waals surface area contributed by atoms with Crippen molar-refractivity contribution in [1.82, 2.24) is 40.2 Å². The van der Waals surface area contributed by atoms with Gasteiger partial charge in [0.15, 0.2) is 0 Å². The molecule has 0 unspecified atom stereocenters. The lowest BCUT2D eigenvalue weighted by atomic mass is 9.95. The molecular weight excluding hydrogens is 926 g/mol. The normalized spacial score (nSPS) is 17.9. The number of rotatable bonds is 17. The van der Waals surface area contributed by atoms with E-state index in [1.165, 1.54) is 57.7 Å². The minimum atomic E-state index is -4.65. The Morgan fingerprint density at radius 1 is 0.653 bits per heavy atom. The molecule has 4 saturated heterocycles. The Bertz CT molecular complexity index is 2290. The van der Waals surface area contributed by atoms with Crippen LogP contribution in [-0.2, 0) is 28.9 Å². The molecule has 3 N–H and O–H groups in total. The summed E-state index contributed by atoms with van der Waals surface area (Å²) in [4.78, 5) is 43.8. The molecule has 0 radical (unpaired) electrons. The highest BCUT2D eigenvalue weighted by atomic mass is 19.4. The summed E-state index contributed by atoms with van der Waals surface area (Å²) in [6.45, 7) is 22.4. The lowest BCUT2D eigenvalue weighted by Crippen LogP contribution is -2.41. The molecule has 4 aliphatic heterocycles. The minimum Gasteiger partial charge on any atom is -0.507 e. The van der Waals surface area contributed by atoms with E-state index in [1.54, 1.807) is 14.0 Å². The van der Waals surface area contributed by atoms with Crippen molar-refractivity contribution in [2.24, 2.45) is 11.8 Å². The van der Waals surface area contributed by atoms with Crippen LogP contribution in [0.5, 0.6) is 11.5 Å². The molecule has 8 rings (SSSR count). The van der Waals surface area contributed by atoms with Gasteiger partial charge in [-0.3, -0.25) is 19.4 Å². The maximum absolute atomic E-state index is 13.5. The van der Waals surface area contributed by atoms with Crippen LogP contribution < -0.4 is 15.4 Å². The average Bonchev–Trinajstić information content (AvgIpc) is 3.94. The SMILES string of the molecule is CC.COc1cccc(C)c1-c1nc(CN2CCC(C(=O)NCCCN3CCCCC3)CC2)c(C)o1.Cc1oc(-c2c(O)cccc2C(F)(F)F)nc1CN1CCC(C(=O)NCCCN2CCCCC2)CC1. The number of amides is 2. The number of halogens is 3. The molecule has 0 bridgehead atoms. The fourth-order valence-corrected chi connectivity index (χ4v) is 10.3. The molecule has 2 aromatic heterocycles. The van der Waals surface area contributed by atoms with Gasteiger partial charge in [0.2, 0.25) is 23.6 Å². The van der Waals surface area contributed by atoms with Crippen molar-refractivity contribution in [3.8, 4) is 34.4 Å². The van der Waals surface area contributed by atoms with Gasteiger partial charge >= 0.3 is 6.18 Å². The summed E-state index contributed by atoms with van der Waals surface area (Å²) < 4.78 is 57.5. The molecule has 0 aliphatic carbocycles. The third-order valence-corrected chi connectivity index (χ3v) is 14.5. The van der Waals surface area contributed by atoms with Crippen LogP contribution >= 0.6 is 0 Å². The Kier molecular flexibility index (Phi) is 21.8. The number of likely N-dealkylation sites (tertiary alicyclic amines) is 4. The molecule has 2 amide bonds. The standard InChI is InChI=1S/C27H40N4O3.C26H35F3N4O3.C2H6/c1-20-9-7-10-24(33-3)25(20)27-29-23(21(2)34-27)19-31-17-11-22(12-18-31)26(32)28-13-8-16-30-14-5-4-6-15-30;1-18-21(31-25(36-18)23-20(26(27,28)29)7-5-8-22(23)34)17-33-15-9-19(10-16-33)24(35)30-11-6-14-32-12-3-2-4-13-32;1-2/h7,9-10,22H,4-6,8,11-19H2,1-3H3,(H,28,32);5,7-8,19,34H,2-4,6,9-17H2,1H3,(H,30,35);1-2H3. The van der Waals surface area contributed by atoms with Gasteiger partial charge in [-0.1, -0.05) is 44.9 Å². The van der Waals surface area contributed by atoms with Gasteiger partial charge in [-0.05, 0) is 174 Å². The van der Waals surface area contributed by atoms with Crippen molar-refractivity contribution >= 4 is 11.8 Å². The molecule has 0 saturated carbocycles. The van der Waals surface area contributed by atoms with E-state index in [4.69, 9.17) is 18.6 Å². The van der Waals surface area contributed by atoms with Crippen molar-refractivity contribution < 1.29 is 41.4 Å². The second-order valence-electron chi connectivity index (χ2n) is 19.6. The number of methoxy groups -OCH3 is 1. The first-order valence-electron chi connectivity index (χ1n) is 26.7. The van der Waals surface area contributed by atoms with Crippen LogP contribution in [0.15, 0.2) is 45.2 Å². The molecule has 14 nitrogen and oxygen atoms in total. The van der Waals surface area contributed by atoms with Crippen LogP contribution in [0.25, 0.3) is 22.9 Å². The number of nitrogens with one attached hydrogen (secondary N) is 2. The number of carbonyl (C=O) groups is 2. The lowest BCUT2D eigenvalue weighted by Gasteiger charge is -2.31. The van der Waals surface area contributed by atoms with E-state index in [9.17, 15) is 27.9 Å². The summed E-state index contributed by atoms with van der Waals surface area (Å²) in [6, 6.07) is 9.19. The van der Waals surface area contributed by atoms with Crippen molar-refractivity contribution in [3.05, 3.63) is 70.4 Å². The van der Waals surface area contributed by atoms with E-state index in [1.807, 2.05) is 45.9 Å². The molecule has 0 spiro atoms. The molecule has 398 valence electrons. The Hall–Kier alpha value is -4.97. The van der Waals surface area contributed by atoms with E-state index in [-0.39, 0.29) is 29.5 Å². The van der Waals surface area contributed by atoms with Crippen LogP contribution in [-0.4, -0.2) is 132 Å². The van der Waals surface area contributed by atoms with Crippen molar-refractivity contribution in [1.29, 1.82) is 0 Å². The zero-order chi connectivity index (χ0) is 51.6. The third-order valence-electron chi connectivity index (χ3n) is 14.5. The average molecular weight is 1010 g/mol. The monoisotopic (exact) mass is 1010 g/mol. The van der Waals surface area contributed by atoms with Crippen molar-refractivity contribution in [2.45, 2.75) is 131 Å². The van der Waals surface area contributed by atoms with Gasteiger partial charge < -0.3 is 39.1 Å². The first-order chi connectivity index (χ1) is 34.8. The Morgan fingerprint density at radius 2 is 1.10 bits per heavy atom. The Balaban J connectivity index is 0.000000228. The number of alkyl halides is 3. The van der Waals surface area contributed by atoms with Crippen LogP contribution in [0.4, 0.5) is 13.2 Å². The number of carbonyl (C=O) groups excluding carboxylic acids is 2. The van der Waals surface area contributed by atoms with Gasteiger partial charge in [-0.25, -0.2) is 9.97 Å². The first kappa shape index (κ1) is 56.3. The van der Waals surface area contributed by atoms with Gasteiger partial charge in [0, 0.05) is 38.0 Å². The molecule has 4 fully saturated rings. The number of nitrogens with zero attached hydrogens (tertiary/aromatic N) is 6. The highest BCUT2D eigenvalue weighted by molar-refractivity contribution is 5.79. The second-order valence-corrected chi connectivity index (χ2v) is 19.6. The molecule has 17 heteroatoms. The Labute approximate surface area is 425 Å². The van der Waals surface area contributed by atoms with Gasteiger partial charge in [0.05, 0.1) is 35.2 Å². The van der Waals surface area contributed by atoms with E-state index in [2.05, 4.69) is 35.2 Å². The number of oxazole rings is 2. The number of phenols is 1. The highest BCUT2D eigenvalue weighted by Crippen LogP contribution is 2.42. The van der Waals surface area contributed by atoms with Gasteiger partial charge in [-0.2, -0.15) is 13.2 Å². The minimum absolute atomic E-state index is 0.0270. The third kappa shape index (κ3) is 16.0. The Morgan fingerprint density at radius 3 is 1.54 bits per heavy atom. The number of hydrogen-bond donors (Lipinski definition) is 3. The number of ether oxygens (including phenoxy) is 1. The lowest BCUT2D eigenvalue weighted by molar-refractivity contribution is -0.137. The zero-order valence-electron chi connectivity index (χ0n) is 43.8. The molecule has 4 aromatic rings. The summed E-state index contributed by atoms with van der Waals surface area (Å²) in [5, 5.41) is 16.4. The molecular formula is C55H81F3N8O6. The van der Waals surface area contributed by atoms with Crippen molar-refractivity contribution in [3.63, 3.8) is 0 Å². The van der Waals surface area contributed by atoms with E-state index in [0.717, 1.165) is 131 Å². The predicted octanol–water partition coefficient (Wildman–Crippen LogP) is 9.78. The summed E-state index contributed by atoms with van der Waals surface area (Å²) in [5.74, 6) is 2.29. The van der Waals surface area contributed by atoms with Crippen molar-refractivity contribution in [2.75, 3.05) is 85.6 Å². The molecule has 2 aromatic carbocycles. The topological polar surface area (TPSA) is 153 Å². The fourth-order valence-electron chi connectivity index (χ4n) is 10.3. The maximum Gasteiger partial charge on any atom is 0.417 e. The summed E-state index contributed by atoms with van der Waals surface area (Å²) in [5.41, 5.74) is 2.04. The molecule has 0 atom stereocenters. The molecule has 6 heterocycles. The number of aryl methyl sites for hydroxylation is 3. The smallest absolute Gasteiger partial charge is 0.417 e. The van der Waals surface area contributed by atoms with Gasteiger partial charge in [0.1, 0.15) is 23.0 Å². The number of aromatic hydroxyl groups is 1. The highest BCUT2D eigenvalue weighted by Gasteiger charge is 2.37. The number of piperidine rings is 4. The molecule has 72 heavy (non-hydrogen) atoms. The zero-order valence-corrected chi connectivity index (χ0v) is 43.8. The number of aromatic nitrogens is 2. The quantitative estimate of drug-likeness (QED) is 0.0864. The van der Waals surface area contributed by atoms with Gasteiger partial charge in [0.25, 0.3) is 0 Å². The van der Waals surface area contributed by atoms with E-state index in [0.29, 0.717) is 43.5 Å². The molecule has 4 aliphatic rings. The van der Waals surface area contributed by atoms with Crippen LogP contribution in [0.3, 0.4) is 0 Å². The van der Waals surface area contributed by atoms with Crippen LogP contribution in [0.2, 0.25) is 0 Å². The van der Waals surface area contributed by atoms with Crippen LogP contribution in [0.1, 0.15) is 125 Å².